The highest BCUT2D eigenvalue weighted by Gasteiger charge is 2.18. The van der Waals surface area contributed by atoms with Gasteiger partial charge in [0, 0.05) is 23.8 Å². The van der Waals surface area contributed by atoms with Gasteiger partial charge in [-0.2, -0.15) is 0 Å². The van der Waals surface area contributed by atoms with Crippen molar-refractivity contribution >= 4 is 23.2 Å². The van der Waals surface area contributed by atoms with Crippen LogP contribution >= 0.6 is 0 Å². The second kappa shape index (κ2) is 7.55. The predicted octanol–water partition coefficient (Wildman–Crippen LogP) is 1.65. The van der Waals surface area contributed by atoms with Crippen molar-refractivity contribution in [1.29, 1.82) is 0 Å². The minimum Gasteiger partial charge on any atom is -0.396 e. The molecule has 0 radical (unpaired) electrons. The summed E-state index contributed by atoms with van der Waals surface area (Å²) in [6.45, 7) is 4.06. The molecule has 4 N–H and O–H groups in total. The second-order valence-electron chi connectivity index (χ2n) is 5.36. The highest BCUT2D eigenvalue weighted by molar-refractivity contribution is 5.95. The molecule has 0 spiro atoms. The van der Waals surface area contributed by atoms with Gasteiger partial charge in [0.25, 0.3) is 5.91 Å². The Bertz CT molecular complexity index is 658. The number of nitrogens with one attached hydrogen (secondary N) is 1. The highest BCUT2D eigenvalue weighted by Crippen LogP contribution is 2.17. The monoisotopic (exact) mass is 315 g/mol. The SMILES string of the molecule is CC(C)N(CCO)C(=O)c1cccc(Nc2ncc(N)cn2)c1. The van der Waals surface area contributed by atoms with Crippen molar-refractivity contribution in [3.63, 3.8) is 0 Å². The zero-order chi connectivity index (χ0) is 16.8. The zero-order valence-electron chi connectivity index (χ0n) is 13.2. The molecule has 1 aromatic carbocycles. The molecule has 0 unspecified atom stereocenters. The molecule has 7 nitrogen and oxygen atoms in total. The largest absolute Gasteiger partial charge is 0.396 e. The first kappa shape index (κ1) is 16.7. The number of anilines is 3. The molecule has 0 atom stereocenters. The summed E-state index contributed by atoms with van der Waals surface area (Å²) in [6, 6.07) is 7.08. The molecule has 0 saturated carbocycles. The second-order valence-corrected chi connectivity index (χ2v) is 5.36. The number of rotatable bonds is 6. The van der Waals surface area contributed by atoms with E-state index in [2.05, 4.69) is 15.3 Å². The number of carbonyl (C=O) groups excluding carboxylic acids is 1. The Morgan fingerprint density at radius 1 is 1.35 bits per heavy atom. The van der Waals surface area contributed by atoms with Crippen LogP contribution in [0.2, 0.25) is 0 Å². The van der Waals surface area contributed by atoms with E-state index in [0.717, 1.165) is 0 Å². The molecule has 0 aliphatic rings. The lowest BCUT2D eigenvalue weighted by atomic mass is 10.1. The maximum absolute atomic E-state index is 12.6. The van der Waals surface area contributed by atoms with E-state index >= 15 is 0 Å². The smallest absolute Gasteiger partial charge is 0.254 e. The van der Waals surface area contributed by atoms with Gasteiger partial charge in [-0.1, -0.05) is 6.07 Å². The molecule has 122 valence electrons. The third-order valence-electron chi connectivity index (χ3n) is 3.26. The van der Waals surface area contributed by atoms with E-state index in [4.69, 9.17) is 10.8 Å². The highest BCUT2D eigenvalue weighted by atomic mass is 16.3. The van der Waals surface area contributed by atoms with E-state index in [0.29, 0.717) is 29.4 Å². The molecule has 2 aromatic rings. The number of nitrogen functional groups attached to an aromatic ring is 1. The standard InChI is InChI=1S/C16H21N5O2/c1-11(2)21(6-7-22)15(23)12-4-3-5-14(8-12)20-16-18-9-13(17)10-19-16/h3-5,8-11,22H,6-7,17H2,1-2H3,(H,18,19,20). The molecular formula is C16H21N5O2. The van der Waals surface area contributed by atoms with Crippen molar-refractivity contribution in [3.05, 3.63) is 42.2 Å². The van der Waals surface area contributed by atoms with Crippen molar-refractivity contribution in [3.8, 4) is 0 Å². The van der Waals surface area contributed by atoms with Gasteiger partial charge in [0.15, 0.2) is 0 Å². The minimum absolute atomic E-state index is 0.00620. The Hall–Kier alpha value is -2.67. The number of nitrogens with two attached hydrogens (primary N) is 1. The average molecular weight is 315 g/mol. The van der Waals surface area contributed by atoms with Crippen LogP contribution in [0.15, 0.2) is 36.7 Å². The van der Waals surface area contributed by atoms with Gasteiger partial charge in [-0.15, -0.1) is 0 Å². The van der Waals surface area contributed by atoms with Gasteiger partial charge in [-0.3, -0.25) is 4.79 Å². The fraction of sp³-hybridized carbons (Fsp3) is 0.312. The van der Waals surface area contributed by atoms with E-state index in [1.54, 1.807) is 23.1 Å². The predicted molar refractivity (Wildman–Crippen MR) is 89.4 cm³/mol. The summed E-state index contributed by atoms with van der Waals surface area (Å²) in [6.07, 6.45) is 3.01. The van der Waals surface area contributed by atoms with Gasteiger partial charge in [-0.05, 0) is 32.0 Å². The lowest BCUT2D eigenvalue weighted by molar-refractivity contribution is 0.0665. The van der Waals surface area contributed by atoms with Gasteiger partial charge in [0.2, 0.25) is 5.95 Å². The summed E-state index contributed by atoms with van der Waals surface area (Å²) >= 11 is 0. The van der Waals surface area contributed by atoms with E-state index in [1.807, 2.05) is 19.9 Å². The number of hydrogen-bond donors (Lipinski definition) is 3. The van der Waals surface area contributed by atoms with Crippen LogP contribution in [0.25, 0.3) is 0 Å². The number of carbonyl (C=O) groups is 1. The summed E-state index contributed by atoms with van der Waals surface area (Å²) in [5.41, 5.74) is 7.27. The fourth-order valence-electron chi connectivity index (χ4n) is 2.13. The molecule has 7 heteroatoms. The first-order chi connectivity index (χ1) is 11.0. The maximum atomic E-state index is 12.6. The number of amides is 1. The third-order valence-corrected chi connectivity index (χ3v) is 3.26. The minimum atomic E-state index is -0.129. The Morgan fingerprint density at radius 2 is 2.04 bits per heavy atom. The van der Waals surface area contributed by atoms with Crippen molar-refractivity contribution in [2.24, 2.45) is 0 Å². The van der Waals surface area contributed by atoms with E-state index in [-0.39, 0.29) is 18.6 Å². The molecule has 0 aliphatic heterocycles. The van der Waals surface area contributed by atoms with Crippen LogP contribution in [-0.4, -0.2) is 45.1 Å². The van der Waals surface area contributed by atoms with E-state index in [9.17, 15) is 4.79 Å². The van der Waals surface area contributed by atoms with Crippen molar-refractivity contribution in [1.82, 2.24) is 14.9 Å². The van der Waals surface area contributed by atoms with Crippen LogP contribution in [0.3, 0.4) is 0 Å². The number of hydrogen-bond acceptors (Lipinski definition) is 6. The Kier molecular flexibility index (Phi) is 5.48. The Labute approximate surface area is 135 Å². The third kappa shape index (κ3) is 4.40. The van der Waals surface area contributed by atoms with Crippen LogP contribution in [0.4, 0.5) is 17.3 Å². The molecule has 2 rings (SSSR count). The molecule has 0 bridgehead atoms. The average Bonchev–Trinajstić information content (AvgIpc) is 2.54. The van der Waals surface area contributed by atoms with Crippen molar-refractivity contribution in [2.45, 2.75) is 19.9 Å². The molecule has 0 aliphatic carbocycles. The molecule has 1 amide bonds. The van der Waals surface area contributed by atoms with Crippen molar-refractivity contribution in [2.75, 3.05) is 24.2 Å². The summed E-state index contributed by atoms with van der Waals surface area (Å²) < 4.78 is 0. The number of aliphatic hydroxyl groups excluding tert-OH is 1. The molecule has 23 heavy (non-hydrogen) atoms. The lowest BCUT2D eigenvalue weighted by Crippen LogP contribution is -2.39. The van der Waals surface area contributed by atoms with Crippen LogP contribution in [-0.2, 0) is 0 Å². The Balaban J connectivity index is 2.18. The van der Waals surface area contributed by atoms with Crippen molar-refractivity contribution < 1.29 is 9.90 Å². The summed E-state index contributed by atoms with van der Waals surface area (Å²) in [7, 11) is 0. The van der Waals surface area contributed by atoms with Gasteiger partial charge in [0.05, 0.1) is 24.7 Å². The maximum Gasteiger partial charge on any atom is 0.254 e. The fourth-order valence-corrected chi connectivity index (χ4v) is 2.13. The van der Waals surface area contributed by atoms with E-state index in [1.165, 1.54) is 12.4 Å². The molecule has 1 aromatic heterocycles. The zero-order valence-corrected chi connectivity index (χ0v) is 13.2. The normalized spacial score (nSPS) is 10.6. The molecule has 1 heterocycles. The molecule has 0 saturated heterocycles. The van der Waals surface area contributed by atoms with Gasteiger partial charge < -0.3 is 21.1 Å². The summed E-state index contributed by atoms with van der Waals surface area (Å²) in [4.78, 5) is 22.3. The topological polar surface area (TPSA) is 104 Å². The first-order valence-electron chi connectivity index (χ1n) is 7.37. The van der Waals surface area contributed by atoms with Crippen LogP contribution < -0.4 is 11.1 Å². The molecule has 0 fully saturated rings. The number of aromatic nitrogens is 2. The number of nitrogens with zero attached hydrogens (tertiary/aromatic N) is 3. The van der Waals surface area contributed by atoms with Crippen LogP contribution in [0, 0.1) is 0 Å². The Morgan fingerprint density at radius 3 is 2.65 bits per heavy atom. The van der Waals surface area contributed by atoms with Gasteiger partial charge >= 0.3 is 0 Å². The first-order valence-corrected chi connectivity index (χ1v) is 7.37. The van der Waals surface area contributed by atoms with Crippen LogP contribution in [0.5, 0.6) is 0 Å². The lowest BCUT2D eigenvalue weighted by Gasteiger charge is -2.26. The quantitative estimate of drug-likeness (QED) is 0.748. The molecular weight excluding hydrogens is 294 g/mol. The summed E-state index contributed by atoms with van der Waals surface area (Å²) in [5.74, 6) is 0.274. The van der Waals surface area contributed by atoms with E-state index < -0.39 is 0 Å². The summed E-state index contributed by atoms with van der Waals surface area (Å²) in [5, 5.41) is 12.1. The van der Waals surface area contributed by atoms with Crippen LogP contribution in [0.1, 0.15) is 24.2 Å². The van der Waals surface area contributed by atoms with Gasteiger partial charge in [0.1, 0.15) is 0 Å². The number of aliphatic hydroxyl groups is 1. The van der Waals surface area contributed by atoms with Gasteiger partial charge in [-0.25, -0.2) is 9.97 Å². The number of benzene rings is 1.